The van der Waals surface area contributed by atoms with E-state index in [1.54, 1.807) is 0 Å². The maximum atomic E-state index is 12.6. The molecule has 0 aliphatic rings. The molecule has 0 bridgehead atoms. The van der Waals surface area contributed by atoms with Gasteiger partial charge in [0, 0.05) is 11.8 Å². The van der Waals surface area contributed by atoms with Gasteiger partial charge in [-0.15, -0.1) is 0 Å². The molecule has 0 aliphatic heterocycles. The lowest BCUT2D eigenvalue weighted by Crippen LogP contribution is -2.24. The van der Waals surface area contributed by atoms with Crippen LogP contribution in [-0.2, 0) is 20.5 Å². The van der Waals surface area contributed by atoms with Gasteiger partial charge in [0.15, 0.2) is 19.0 Å². The average Bonchev–Trinajstić information content (AvgIpc) is 2.64. The number of anilines is 1. The Bertz CT molecular complexity index is 885. The first kappa shape index (κ1) is 20.7. The summed E-state index contributed by atoms with van der Waals surface area (Å²) in [5, 5.41) is 13.0. The first-order chi connectivity index (χ1) is 13.2. The summed E-state index contributed by atoms with van der Waals surface area (Å²) >= 11 is 0. The summed E-state index contributed by atoms with van der Waals surface area (Å²) in [6, 6.07) is 9.29. The zero-order chi connectivity index (χ0) is 20.7. The summed E-state index contributed by atoms with van der Waals surface area (Å²) in [6.07, 6.45) is -4.56. The highest BCUT2D eigenvalue weighted by Gasteiger charge is 2.30. The van der Waals surface area contributed by atoms with Crippen molar-refractivity contribution in [1.82, 2.24) is 0 Å². The van der Waals surface area contributed by atoms with Crippen LogP contribution in [0.15, 0.2) is 48.5 Å². The van der Waals surface area contributed by atoms with Crippen LogP contribution < -0.4 is 10.1 Å². The molecule has 0 atom stereocenters. The molecule has 0 saturated heterocycles. The molecule has 2 aromatic carbocycles. The number of hydrogen-bond donors (Lipinski definition) is 1. The van der Waals surface area contributed by atoms with Crippen molar-refractivity contribution in [3.05, 3.63) is 64.2 Å². The van der Waals surface area contributed by atoms with E-state index in [-0.39, 0.29) is 17.1 Å². The summed E-state index contributed by atoms with van der Waals surface area (Å²) < 4.78 is 47.5. The van der Waals surface area contributed by atoms with E-state index in [9.17, 15) is 32.9 Å². The van der Waals surface area contributed by atoms with Crippen molar-refractivity contribution in [3.63, 3.8) is 0 Å². The van der Waals surface area contributed by atoms with E-state index in [1.165, 1.54) is 30.3 Å². The number of halogens is 3. The molecule has 0 saturated carbocycles. The topological polar surface area (TPSA) is 108 Å². The van der Waals surface area contributed by atoms with Crippen molar-refractivity contribution in [2.75, 3.05) is 18.5 Å². The number of hydrogen-bond acceptors (Lipinski definition) is 6. The molecular formula is C17H13F3N2O6. The fourth-order valence-electron chi connectivity index (χ4n) is 2.02. The second-order valence-electron chi connectivity index (χ2n) is 5.30. The van der Waals surface area contributed by atoms with Crippen LogP contribution in [-0.4, -0.2) is 30.0 Å². The molecule has 1 amide bonds. The molecular weight excluding hydrogens is 385 g/mol. The van der Waals surface area contributed by atoms with Gasteiger partial charge in [-0.2, -0.15) is 13.2 Å². The molecule has 1 N–H and O–H groups in total. The minimum Gasteiger partial charge on any atom is -0.475 e. The Balaban J connectivity index is 1.83. The van der Waals surface area contributed by atoms with E-state index in [2.05, 4.69) is 10.1 Å². The van der Waals surface area contributed by atoms with E-state index in [0.29, 0.717) is 0 Å². The van der Waals surface area contributed by atoms with Gasteiger partial charge in [-0.3, -0.25) is 14.9 Å². The lowest BCUT2D eigenvalue weighted by Gasteiger charge is -2.10. The van der Waals surface area contributed by atoms with Crippen LogP contribution in [0, 0.1) is 10.1 Å². The molecule has 148 valence electrons. The van der Waals surface area contributed by atoms with Crippen molar-refractivity contribution >= 4 is 23.3 Å². The number of para-hydroxylation sites is 2. The number of rotatable bonds is 7. The molecule has 2 rings (SSSR count). The molecule has 0 aromatic heterocycles. The Labute approximate surface area is 156 Å². The minimum atomic E-state index is -4.56. The number of benzene rings is 2. The minimum absolute atomic E-state index is 0.118. The van der Waals surface area contributed by atoms with Crippen molar-refractivity contribution in [3.8, 4) is 5.75 Å². The zero-order valence-corrected chi connectivity index (χ0v) is 14.1. The second kappa shape index (κ2) is 8.84. The number of nitrogens with zero attached hydrogens (tertiary/aromatic N) is 1. The molecule has 11 heteroatoms. The fraction of sp³-hybridized carbons (Fsp3) is 0.176. The number of amides is 1. The Morgan fingerprint density at radius 2 is 1.79 bits per heavy atom. The van der Waals surface area contributed by atoms with Crippen LogP contribution >= 0.6 is 0 Å². The van der Waals surface area contributed by atoms with E-state index in [4.69, 9.17) is 4.74 Å². The Hall–Kier alpha value is -3.63. The lowest BCUT2D eigenvalue weighted by molar-refractivity contribution is -0.385. The van der Waals surface area contributed by atoms with Crippen LogP contribution in [0.2, 0.25) is 0 Å². The van der Waals surface area contributed by atoms with Crippen molar-refractivity contribution in [2.24, 2.45) is 0 Å². The average molecular weight is 398 g/mol. The molecule has 8 nitrogen and oxygen atoms in total. The monoisotopic (exact) mass is 398 g/mol. The SMILES string of the molecule is O=C(COC(=O)COc1ccccc1[N+](=O)[O-])Nc1cccc(C(F)(F)F)c1. The number of nitro benzene ring substituents is 1. The Morgan fingerprint density at radius 1 is 1.07 bits per heavy atom. The first-order valence-electron chi connectivity index (χ1n) is 7.66. The number of carbonyl (C=O) groups excluding carboxylic acids is 2. The molecule has 0 fully saturated rings. The van der Waals surface area contributed by atoms with E-state index < -0.39 is 41.8 Å². The summed E-state index contributed by atoms with van der Waals surface area (Å²) in [6.45, 7) is -1.46. The molecule has 28 heavy (non-hydrogen) atoms. The number of carbonyl (C=O) groups is 2. The molecule has 0 unspecified atom stereocenters. The molecule has 0 aliphatic carbocycles. The second-order valence-corrected chi connectivity index (χ2v) is 5.30. The predicted molar refractivity (Wildman–Crippen MR) is 89.6 cm³/mol. The highest BCUT2D eigenvalue weighted by Crippen LogP contribution is 2.30. The van der Waals surface area contributed by atoms with Crippen molar-refractivity contribution in [1.29, 1.82) is 0 Å². The molecule has 0 heterocycles. The van der Waals surface area contributed by atoms with Crippen LogP contribution in [0.1, 0.15) is 5.56 Å². The summed E-state index contributed by atoms with van der Waals surface area (Å²) in [5.41, 5.74) is -1.41. The maximum absolute atomic E-state index is 12.6. The number of nitro groups is 1. The highest BCUT2D eigenvalue weighted by molar-refractivity contribution is 5.92. The Morgan fingerprint density at radius 3 is 2.46 bits per heavy atom. The van der Waals surface area contributed by atoms with E-state index >= 15 is 0 Å². The van der Waals surface area contributed by atoms with Crippen molar-refractivity contribution < 1.29 is 37.2 Å². The van der Waals surface area contributed by atoms with Crippen LogP contribution in [0.3, 0.4) is 0 Å². The summed E-state index contributed by atoms with van der Waals surface area (Å²) in [5.74, 6) is -2.01. The number of esters is 1. The van der Waals surface area contributed by atoms with Gasteiger partial charge in [0.1, 0.15) is 0 Å². The van der Waals surface area contributed by atoms with Gasteiger partial charge in [-0.25, -0.2) is 4.79 Å². The third kappa shape index (κ3) is 5.97. The zero-order valence-electron chi connectivity index (χ0n) is 14.1. The normalized spacial score (nSPS) is 10.8. The Kier molecular flexibility index (Phi) is 6.53. The maximum Gasteiger partial charge on any atom is 0.416 e. The van der Waals surface area contributed by atoms with Gasteiger partial charge >= 0.3 is 17.8 Å². The largest absolute Gasteiger partial charge is 0.475 e. The summed E-state index contributed by atoms with van der Waals surface area (Å²) in [4.78, 5) is 33.4. The van der Waals surface area contributed by atoms with Gasteiger partial charge in [0.05, 0.1) is 10.5 Å². The standard InChI is InChI=1S/C17H13F3N2O6/c18-17(19,20)11-4-3-5-12(8-11)21-15(23)9-28-16(24)10-27-14-7-2-1-6-13(14)22(25)26/h1-8H,9-10H2,(H,21,23). The van der Waals surface area contributed by atoms with Gasteiger partial charge in [-0.1, -0.05) is 18.2 Å². The fourth-order valence-corrected chi connectivity index (χ4v) is 2.02. The number of nitrogens with one attached hydrogen (secondary N) is 1. The number of alkyl halides is 3. The highest BCUT2D eigenvalue weighted by atomic mass is 19.4. The quantitative estimate of drug-likeness (QED) is 0.436. The van der Waals surface area contributed by atoms with Crippen LogP contribution in [0.25, 0.3) is 0 Å². The van der Waals surface area contributed by atoms with Gasteiger partial charge in [0.25, 0.3) is 5.91 Å². The van der Waals surface area contributed by atoms with Crippen LogP contribution in [0.5, 0.6) is 5.75 Å². The van der Waals surface area contributed by atoms with Crippen molar-refractivity contribution in [2.45, 2.75) is 6.18 Å². The lowest BCUT2D eigenvalue weighted by atomic mass is 10.2. The van der Waals surface area contributed by atoms with Crippen LogP contribution in [0.4, 0.5) is 24.5 Å². The third-order valence-corrected chi connectivity index (χ3v) is 3.25. The van der Waals surface area contributed by atoms with Gasteiger partial charge in [-0.05, 0) is 24.3 Å². The number of ether oxygens (including phenoxy) is 2. The van der Waals surface area contributed by atoms with E-state index in [1.807, 2.05) is 0 Å². The first-order valence-corrected chi connectivity index (χ1v) is 7.66. The van der Waals surface area contributed by atoms with Gasteiger partial charge in [0.2, 0.25) is 0 Å². The third-order valence-electron chi connectivity index (χ3n) is 3.25. The predicted octanol–water partition coefficient (Wildman–Crippen LogP) is 3.17. The summed E-state index contributed by atoms with van der Waals surface area (Å²) in [7, 11) is 0. The van der Waals surface area contributed by atoms with Gasteiger partial charge < -0.3 is 14.8 Å². The van der Waals surface area contributed by atoms with E-state index in [0.717, 1.165) is 18.2 Å². The smallest absolute Gasteiger partial charge is 0.416 e. The molecule has 0 spiro atoms. The molecule has 2 aromatic rings. The molecule has 0 radical (unpaired) electrons.